The second-order valence-electron chi connectivity index (χ2n) is 2.92. The lowest BCUT2D eigenvalue weighted by atomic mass is 10.2. The average molecular weight is 244 g/mol. The molecule has 0 amide bonds. The van der Waals surface area contributed by atoms with Gasteiger partial charge in [-0.25, -0.2) is 9.59 Å². The molecule has 6 nitrogen and oxygen atoms in total. The van der Waals surface area contributed by atoms with E-state index in [2.05, 4.69) is 0 Å². The molecule has 1 rings (SSSR count). The molecule has 2 N–H and O–H groups in total. The molecule has 0 bridgehead atoms. The Hall–Kier alpha value is -1.89. The van der Waals surface area contributed by atoms with Crippen molar-refractivity contribution in [1.82, 2.24) is 0 Å². The van der Waals surface area contributed by atoms with E-state index >= 15 is 0 Å². The fourth-order valence-corrected chi connectivity index (χ4v) is 2.02. The summed E-state index contributed by atoms with van der Waals surface area (Å²) in [5.74, 6) is -3.46. The first-order valence-corrected chi connectivity index (χ1v) is 4.94. The van der Waals surface area contributed by atoms with Gasteiger partial charge in [0.2, 0.25) is 0 Å². The molecule has 1 aromatic heterocycles. The zero-order chi connectivity index (χ0) is 12.5. The van der Waals surface area contributed by atoms with Crippen LogP contribution in [0.4, 0.5) is 0 Å². The number of carbonyl (C=O) groups is 3. The second kappa shape index (κ2) is 4.31. The Bertz CT molecular complexity index is 473. The van der Waals surface area contributed by atoms with Gasteiger partial charge < -0.3 is 14.9 Å². The van der Waals surface area contributed by atoms with E-state index in [1.54, 1.807) is 0 Å². The van der Waals surface area contributed by atoms with Crippen LogP contribution < -0.4 is 4.74 Å². The minimum atomic E-state index is -1.32. The third-order valence-electron chi connectivity index (χ3n) is 1.73. The Labute approximate surface area is 94.1 Å². The first-order valence-electron chi connectivity index (χ1n) is 4.13. The van der Waals surface area contributed by atoms with Crippen molar-refractivity contribution in [2.75, 3.05) is 0 Å². The lowest BCUT2D eigenvalue weighted by Gasteiger charge is -2.01. The molecule has 0 aromatic carbocycles. The molecule has 16 heavy (non-hydrogen) atoms. The number of esters is 1. The zero-order valence-electron chi connectivity index (χ0n) is 8.44. The van der Waals surface area contributed by atoms with E-state index in [0.29, 0.717) is 11.3 Å². The summed E-state index contributed by atoms with van der Waals surface area (Å²) < 4.78 is 4.70. The van der Waals surface area contributed by atoms with E-state index < -0.39 is 17.9 Å². The number of hydrogen-bond acceptors (Lipinski definition) is 5. The van der Waals surface area contributed by atoms with Crippen molar-refractivity contribution >= 4 is 29.2 Å². The quantitative estimate of drug-likeness (QED) is 0.779. The SMILES string of the molecule is CC(=O)Oc1c(C(=O)O)sc(C(=O)O)c1C. The standard InChI is InChI=1S/C9H8O6S/c1-3-5(15-4(2)10)7(9(13)14)16-6(3)8(11)12/h1-2H3,(H,11,12)(H,13,14). The molecule has 0 radical (unpaired) electrons. The normalized spacial score (nSPS) is 9.88. The van der Waals surface area contributed by atoms with Gasteiger partial charge in [-0.15, -0.1) is 11.3 Å². The molecule has 0 saturated carbocycles. The summed E-state index contributed by atoms with van der Waals surface area (Å²) in [4.78, 5) is 31.9. The molecule has 0 spiro atoms. The fraction of sp³-hybridized carbons (Fsp3) is 0.222. The molecule has 0 aliphatic heterocycles. The summed E-state index contributed by atoms with van der Waals surface area (Å²) in [6.45, 7) is 2.51. The van der Waals surface area contributed by atoms with Crippen LogP contribution in [-0.2, 0) is 4.79 Å². The Kier molecular flexibility index (Phi) is 3.28. The van der Waals surface area contributed by atoms with Crippen LogP contribution >= 0.6 is 11.3 Å². The highest BCUT2D eigenvalue weighted by atomic mass is 32.1. The Morgan fingerprint density at radius 2 is 1.62 bits per heavy atom. The Morgan fingerprint density at radius 1 is 1.12 bits per heavy atom. The van der Waals surface area contributed by atoms with Gasteiger partial charge in [0.05, 0.1) is 0 Å². The van der Waals surface area contributed by atoms with E-state index in [9.17, 15) is 14.4 Å². The number of ether oxygens (including phenoxy) is 1. The molecule has 0 aliphatic rings. The summed E-state index contributed by atoms with van der Waals surface area (Å²) in [6.07, 6.45) is 0. The molecule has 1 heterocycles. The van der Waals surface area contributed by atoms with Gasteiger partial charge in [-0.1, -0.05) is 0 Å². The van der Waals surface area contributed by atoms with Crippen LogP contribution in [0.5, 0.6) is 5.75 Å². The molecular formula is C9H8O6S. The van der Waals surface area contributed by atoms with Crippen molar-refractivity contribution in [2.24, 2.45) is 0 Å². The zero-order valence-corrected chi connectivity index (χ0v) is 9.25. The van der Waals surface area contributed by atoms with Gasteiger partial charge in [0.25, 0.3) is 0 Å². The van der Waals surface area contributed by atoms with Gasteiger partial charge >= 0.3 is 17.9 Å². The van der Waals surface area contributed by atoms with Crippen LogP contribution in [-0.4, -0.2) is 28.1 Å². The first-order chi connectivity index (χ1) is 7.34. The monoisotopic (exact) mass is 244 g/mol. The van der Waals surface area contributed by atoms with E-state index in [1.165, 1.54) is 6.92 Å². The van der Waals surface area contributed by atoms with Gasteiger partial charge in [0.15, 0.2) is 10.6 Å². The number of aromatic carboxylic acids is 2. The van der Waals surface area contributed by atoms with Crippen LogP contribution in [0.3, 0.4) is 0 Å². The largest absolute Gasteiger partial charge is 0.477 e. The van der Waals surface area contributed by atoms with Crippen molar-refractivity contribution in [3.05, 3.63) is 15.3 Å². The summed E-state index contributed by atoms with van der Waals surface area (Å²) in [7, 11) is 0. The van der Waals surface area contributed by atoms with Gasteiger partial charge in [-0.3, -0.25) is 4.79 Å². The topological polar surface area (TPSA) is 101 Å². The highest BCUT2D eigenvalue weighted by molar-refractivity contribution is 7.16. The maximum Gasteiger partial charge on any atom is 0.349 e. The molecule has 1 aromatic rings. The summed E-state index contributed by atoms with van der Waals surface area (Å²) >= 11 is 0.568. The number of rotatable bonds is 3. The lowest BCUT2D eigenvalue weighted by molar-refractivity contribution is -0.131. The fourth-order valence-electron chi connectivity index (χ4n) is 1.11. The average Bonchev–Trinajstić information content (AvgIpc) is 2.43. The first kappa shape index (κ1) is 12.2. The Balaban J connectivity index is 3.37. The van der Waals surface area contributed by atoms with E-state index in [1.807, 2.05) is 0 Å². The van der Waals surface area contributed by atoms with Crippen molar-refractivity contribution in [3.8, 4) is 5.75 Å². The van der Waals surface area contributed by atoms with Gasteiger partial charge in [0.1, 0.15) is 4.88 Å². The predicted molar refractivity (Wildman–Crippen MR) is 54.3 cm³/mol. The number of carboxylic acids is 2. The van der Waals surface area contributed by atoms with Crippen molar-refractivity contribution in [3.63, 3.8) is 0 Å². The van der Waals surface area contributed by atoms with Gasteiger partial charge in [-0.2, -0.15) is 0 Å². The maximum absolute atomic E-state index is 10.8. The summed E-state index contributed by atoms with van der Waals surface area (Å²) in [5, 5.41) is 17.6. The van der Waals surface area contributed by atoms with E-state index in [0.717, 1.165) is 6.92 Å². The second-order valence-corrected chi connectivity index (χ2v) is 3.94. The minimum Gasteiger partial charge on any atom is -0.477 e. The Morgan fingerprint density at radius 3 is 2.00 bits per heavy atom. The van der Waals surface area contributed by atoms with E-state index in [-0.39, 0.29) is 21.1 Å². The van der Waals surface area contributed by atoms with Crippen molar-refractivity contribution < 1.29 is 29.3 Å². The smallest absolute Gasteiger partial charge is 0.349 e. The van der Waals surface area contributed by atoms with Crippen LogP contribution in [0.25, 0.3) is 0 Å². The number of hydrogen-bond donors (Lipinski definition) is 2. The lowest BCUT2D eigenvalue weighted by Crippen LogP contribution is -2.06. The molecule has 0 atom stereocenters. The van der Waals surface area contributed by atoms with Crippen molar-refractivity contribution in [2.45, 2.75) is 13.8 Å². The van der Waals surface area contributed by atoms with Gasteiger partial charge in [-0.05, 0) is 6.92 Å². The molecule has 86 valence electrons. The molecule has 7 heteroatoms. The van der Waals surface area contributed by atoms with Crippen LogP contribution in [0, 0.1) is 6.92 Å². The van der Waals surface area contributed by atoms with Crippen LogP contribution in [0.1, 0.15) is 31.8 Å². The third kappa shape index (κ3) is 2.19. The predicted octanol–water partition coefficient (Wildman–Crippen LogP) is 1.38. The molecule has 0 aliphatic carbocycles. The third-order valence-corrected chi connectivity index (χ3v) is 2.97. The molecule has 0 unspecified atom stereocenters. The maximum atomic E-state index is 10.8. The molecular weight excluding hydrogens is 236 g/mol. The summed E-state index contributed by atoms with van der Waals surface area (Å²) in [6, 6.07) is 0. The van der Waals surface area contributed by atoms with Crippen molar-refractivity contribution in [1.29, 1.82) is 0 Å². The van der Waals surface area contributed by atoms with E-state index in [4.69, 9.17) is 14.9 Å². The highest BCUT2D eigenvalue weighted by Crippen LogP contribution is 2.35. The minimum absolute atomic E-state index is 0.144. The number of carboxylic acid groups (broad SMARTS) is 2. The van der Waals surface area contributed by atoms with Crippen LogP contribution in [0.2, 0.25) is 0 Å². The van der Waals surface area contributed by atoms with Gasteiger partial charge in [0, 0.05) is 12.5 Å². The number of thiophene rings is 1. The highest BCUT2D eigenvalue weighted by Gasteiger charge is 2.25. The molecule has 0 fully saturated rings. The summed E-state index contributed by atoms with van der Waals surface area (Å²) in [5.41, 5.74) is 0.144. The number of carbonyl (C=O) groups excluding carboxylic acids is 1. The van der Waals surface area contributed by atoms with Crippen LogP contribution in [0.15, 0.2) is 0 Å². The molecule has 0 saturated heterocycles.